The number of hydrogen-bond donors (Lipinski definition) is 0. The topological polar surface area (TPSA) is 51.7 Å². The normalized spacial score (nSPS) is 19.7. The van der Waals surface area contributed by atoms with E-state index in [0.29, 0.717) is 11.7 Å². The fraction of sp³-hybridized carbons (Fsp3) is 0.684. The molecule has 1 aliphatic carbocycles. The summed E-state index contributed by atoms with van der Waals surface area (Å²) >= 11 is 0. The van der Waals surface area contributed by atoms with Crippen molar-refractivity contribution in [3.05, 3.63) is 23.4 Å². The van der Waals surface area contributed by atoms with Crippen LogP contribution in [-0.2, 0) is 9.47 Å². The third kappa shape index (κ3) is 4.07. The van der Waals surface area contributed by atoms with Gasteiger partial charge in [0.1, 0.15) is 5.82 Å². The Hall–Kier alpha value is -1.62. The van der Waals surface area contributed by atoms with Crippen LogP contribution in [0.2, 0.25) is 0 Å². The van der Waals surface area contributed by atoms with Crippen LogP contribution in [0.3, 0.4) is 0 Å². The van der Waals surface area contributed by atoms with Gasteiger partial charge in [0.05, 0.1) is 24.5 Å². The molecular weight excluding hydrogens is 304 g/mol. The Balaban J connectivity index is 1.50. The number of carbonyl (C=O) groups excluding carboxylic acids is 1. The maximum atomic E-state index is 11.7. The highest BCUT2D eigenvalue weighted by molar-refractivity contribution is 5.90. The lowest BCUT2D eigenvalue weighted by Gasteiger charge is -2.33. The van der Waals surface area contributed by atoms with Crippen molar-refractivity contribution >= 4 is 11.8 Å². The molecule has 5 heteroatoms. The first kappa shape index (κ1) is 17.2. The molecule has 1 aliphatic heterocycles. The van der Waals surface area contributed by atoms with Crippen LogP contribution in [0.25, 0.3) is 0 Å². The lowest BCUT2D eigenvalue weighted by molar-refractivity contribution is 0.0164. The summed E-state index contributed by atoms with van der Waals surface area (Å²) in [5, 5.41) is 0. The van der Waals surface area contributed by atoms with Crippen molar-refractivity contribution in [3.63, 3.8) is 0 Å². The Kier molecular flexibility index (Phi) is 5.72. The van der Waals surface area contributed by atoms with Gasteiger partial charge in [0.2, 0.25) is 0 Å². The minimum absolute atomic E-state index is 0.328. The van der Waals surface area contributed by atoms with E-state index in [1.165, 1.54) is 32.8 Å². The number of anilines is 1. The first-order valence-electron chi connectivity index (χ1n) is 9.10. The second kappa shape index (κ2) is 7.97. The number of ether oxygens (including phenoxy) is 2. The summed E-state index contributed by atoms with van der Waals surface area (Å²) in [6.07, 6.45) is 7.91. The van der Waals surface area contributed by atoms with Crippen molar-refractivity contribution in [3.8, 4) is 0 Å². The summed E-state index contributed by atoms with van der Waals surface area (Å²) in [6.45, 7) is 4.71. The van der Waals surface area contributed by atoms with Crippen molar-refractivity contribution < 1.29 is 14.3 Å². The Labute approximate surface area is 144 Å². The summed E-state index contributed by atoms with van der Waals surface area (Å²) in [6, 6.07) is 3.73. The molecule has 0 N–H and O–H groups in total. The van der Waals surface area contributed by atoms with Crippen molar-refractivity contribution in [1.82, 2.24) is 4.98 Å². The van der Waals surface area contributed by atoms with Gasteiger partial charge in [0, 0.05) is 19.7 Å². The Morgan fingerprint density at radius 2 is 1.92 bits per heavy atom. The third-order valence-electron chi connectivity index (χ3n) is 5.28. The maximum absolute atomic E-state index is 11.7. The predicted molar refractivity (Wildman–Crippen MR) is 93.5 cm³/mol. The van der Waals surface area contributed by atoms with Gasteiger partial charge >= 0.3 is 5.97 Å². The number of methoxy groups -OCH3 is 1. The van der Waals surface area contributed by atoms with E-state index in [4.69, 9.17) is 9.47 Å². The molecule has 3 rings (SSSR count). The van der Waals surface area contributed by atoms with E-state index in [-0.39, 0.29) is 5.97 Å². The van der Waals surface area contributed by atoms with Crippen LogP contribution < -0.4 is 4.90 Å². The van der Waals surface area contributed by atoms with Crippen LogP contribution in [0.1, 0.15) is 54.6 Å². The molecule has 1 saturated carbocycles. The zero-order valence-electron chi connectivity index (χ0n) is 14.8. The SMILES string of the molecule is COC(=O)c1ccc(N2CCC(OCC3CCCC3)CC2)nc1C. The summed E-state index contributed by atoms with van der Waals surface area (Å²) in [4.78, 5) is 18.5. The number of rotatable bonds is 5. The first-order chi connectivity index (χ1) is 11.7. The smallest absolute Gasteiger partial charge is 0.339 e. The number of nitrogens with zero attached hydrogens (tertiary/aromatic N) is 2. The zero-order chi connectivity index (χ0) is 16.9. The molecule has 0 atom stereocenters. The highest BCUT2D eigenvalue weighted by Gasteiger charge is 2.23. The van der Waals surface area contributed by atoms with E-state index in [0.717, 1.165) is 50.0 Å². The number of piperidine rings is 1. The van der Waals surface area contributed by atoms with Crippen LogP contribution in [0.15, 0.2) is 12.1 Å². The van der Waals surface area contributed by atoms with Gasteiger partial charge in [0.25, 0.3) is 0 Å². The average molecular weight is 332 g/mol. The van der Waals surface area contributed by atoms with Crippen LogP contribution in [0.5, 0.6) is 0 Å². The summed E-state index contributed by atoms with van der Waals surface area (Å²) < 4.78 is 10.9. The molecule has 0 aromatic carbocycles. The van der Waals surface area contributed by atoms with Gasteiger partial charge in [-0.25, -0.2) is 9.78 Å². The molecule has 1 aromatic heterocycles. The van der Waals surface area contributed by atoms with Gasteiger partial charge in [-0.3, -0.25) is 0 Å². The van der Waals surface area contributed by atoms with Crippen LogP contribution in [0, 0.1) is 12.8 Å². The molecule has 2 fully saturated rings. The number of esters is 1. The highest BCUT2D eigenvalue weighted by Crippen LogP contribution is 2.27. The summed E-state index contributed by atoms with van der Waals surface area (Å²) in [7, 11) is 1.39. The molecule has 0 unspecified atom stereocenters. The molecule has 1 saturated heterocycles. The fourth-order valence-corrected chi connectivity index (χ4v) is 3.75. The van der Waals surface area contributed by atoms with E-state index >= 15 is 0 Å². The van der Waals surface area contributed by atoms with Gasteiger partial charge in [-0.2, -0.15) is 0 Å². The van der Waals surface area contributed by atoms with Gasteiger partial charge in [-0.1, -0.05) is 12.8 Å². The van der Waals surface area contributed by atoms with E-state index in [1.54, 1.807) is 0 Å². The molecule has 0 bridgehead atoms. The zero-order valence-corrected chi connectivity index (χ0v) is 14.8. The monoisotopic (exact) mass is 332 g/mol. The third-order valence-corrected chi connectivity index (χ3v) is 5.28. The van der Waals surface area contributed by atoms with Crippen LogP contribution in [-0.4, -0.2) is 43.9 Å². The number of hydrogen-bond acceptors (Lipinski definition) is 5. The van der Waals surface area contributed by atoms with E-state index < -0.39 is 0 Å². The van der Waals surface area contributed by atoms with Crippen molar-refractivity contribution in [2.75, 3.05) is 31.7 Å². The quantitative estimate of drug-likeness (QED) is 0.774. The predicted octanol–water partition coefficient (Wildman–Crippen LogP) is 3.35. The number of pyridine rings is 1. The van der Waals surface area contributed by atoms with E-state index in [2.05, 4.69) is 9.88 Å². The van der Waals surface area contributed by atoms with Crippen molar-refractivity contribution in [2.45, 2.75) is 51.6 Å². The Morgan fingerprint density at radius 3 is 2.54 bits per heavy atom. The molecular formula is C19H28N2O3. The number of aromatic nitrogens is 1. The summed E-state index contributed by atoms with van der Waals surface area (Å²) in [5.74, 6) is 1.40. The lowest BCUT2D eigenvalue weighted by Crippen LogP contribution is -2.38. The second-order valence-corrected chi connectivity index (χ2v) is 6.96. The highest BCUT2D eigenvalue weighted by atomic mass is 16.5. The van der Waals surface area contributed by atoms with E-state index in [1.807, 2.05) is 19.1 Å². The van der Waals surface area contributed by atoms with Gasteiger partial charge in [-0.15, -0.1) is 0 Å². The van der Waals surface area contributed by atoms with E-state index in [9.17, 15) is 4.79 Å². The average Bonchev–Trinajstić information content (AvgIpc) is 3.13. The molecule has 0 spiro atoms. The molecule has 1 aromatic rings. The Morgan fingerprint density at radius 1 is 1.21 bits per heavy atom. The molecule has 2 heterocycles. The second-order valence-electron chi connectivity index (χ2n) is 6.96. The van der Waals surface area contributed by atoms with Crippen LogP contribution in [0.4, 0.5) is 5.82 Å². The standard InChI is InChI=1S/C19H28N2O3/c1-14-17(19(22)23-2)7-8-18(20-14)21-11-9-16(10-12-21)24-13-15-5-3-4-6-15/h7-8,15-16H,3-6,9-13H2,1-2H3. The largest absolute Gasteiger partial charge is 0.465 e. The molecule has 0 amide bonds. The van der Waals surface area contributed by atoms with Crippen molar-refractivity contribution in [2.24, 2.45) is 5.92 Å². The van der Waals surface area contributed by atoms with Gasteiger partial charge in [-0.05, 0) is 50.7 Å². The first-order valence-corrected chi connectivity index (χ1v) is 9.10. The molecule has 2 aliphatic rings. The lowest BCUT2D eigenvalue weighted by atomic mass is 10.1. The Bertz CT molecular complexity index is 562. The molecule has 5 nitrogen and oxygen atoms in total. The van der Waals surface area contributed by atoms with Crippen molar-refractivity contribution in [1.29, 1.82) is 0 Å². The maximum Gasteiger partial charge on any atom is 0.339 e. The minimum atomic E-state index is -0.328. The summed E-state index contributed by atoms with van der Waals surface area (Å²) in [5.41, 5.74) is 1.26. The van der Waals surface area contributed by atoms with Crippen LogP contribution >= 0.6 is 0 Å². The molecule has 24 heavy (non-hydrogen) atoms. The van der Waals surface area contributed by atoms with Gasteiger partial charge < -0.3 is 14.4 Å². The number of carbonyl (C=O) groups is 1. The molecule has 132 valence electrons. The molecule has 0 radical (unpaired) electrons. The number of aryl methyl sites for hydroxylation is 1. The fourth-order valence-electron chi connectivity index (χ4n) is 3.75. The minimum Gasteiger partial charge on any atom is -0.465 e. The van der Waals surface area contributed by atoms with Gasteiger partial charge in [0.15, 0.2) is 0 Å².